The number of carbonyl (C=O) groups excluding carboxylic acids is 1. The minimum absolute atomic E-state index is 0.0274. The first-order chi connectivity index (χ1) is 9.20. The average molecular weight is 261 g/mol. The van der Waals surface area contributed by atoms with Crippen LogP contribution >= 0.6 is 0 Å². The number of rotatable bonds is 5. The monoisotopic (exact) mass is 261 g/mol. The predicted octanol–water partition coefficient (Wildman–Crippen LogP) is 2.08. The van der Waals surface area contributed by atoms with Gasteiger partial charge >= 0.3 is 0 Å². The fourth-order valence-electron chi connectivity index (χ4n) is 2.42. The van der Waals surface area contributed by atoms with Crippen molar-refractivity contribution in [1.82, 2.24) is 5.32 Å². The van der Waals surface area contributed by atoms with Crippen LogP contribution in [-0.4, -0.2) is 32.6 Å². The zero-order valence-corrected chi connectivity index (χ0v) is 11.8. The van der Waals surface area contributed by atoms with Gasteiger partial charge in [0.05, 0.1) is 0 Å². The van der Waals surface area contributed by atoms with Crippen molar-refractivity contribution in [3.8, 4) is 0 Å². The molecule has 0 aromatic heterocycles. The van der Waals surface area contributed by atoms with Crippen LogP contribution in [0.4, 0.5) is 11.4 Å². The van der Waals surface area contributed by atoms with E-state index >= 15 is 0 Å². The fourth-order valence-corrected chi connectivity index (χ4v) is 2.42. The van der Waals surface area contributed by atoms with Crippen molar-refractivity contribution >= 4 is 17.3 Å². The molecule has 4 heteroatoms. The molecule has 1 aromatic carbocycles. The van der Waals surface area contributed by atoms with Crippen LogP contribution in [-0.2, 0) is 4.79 Å². The number of carbonyl (C=O) groups is 1. The van der Waals surface area contributed by atoms with Crippen LogP contribution < -0.4 is 15.5 Å². The van der Waals surface area contributed by atoms with Gasteiger partial charge in [-0.3, -0.25) is 4.79 Å². The van der Waals surface area contributed by atoms with Gasteiger partial charge in [-0.15, -0.1) is 0 Å². The van der Waals surface area contributed by atoms with Crippen molar-refractivity contribution < 1.29 is 4.79 Å². The van der Waals surface area contributed by atoms with Crippen LogP contribution in [0.25, 0.3) is 0 Å². The van der Waals surface area contributed by atoms with E-state index in [2.05, 4.69) is 27.7 Å². The second-order valence-electron chi connectivity index (χ2n) is 5.19. The average Bonchev–Trinajstić information content (AvgIpc) is 2.93. The molecule has 1 aliphatic rings. The van der Waals surface area contributed by atoms with E-state index in [0.29, 0.717) is 6.54 Å². The lowest BCUT2D eigenvalue weighted by Gasteiger charge is -2.19. The molecule has 1 unspecified atom stereocenters. The Hall–Kier alpha value is -1.55. The summed E-state index contributed by atoms with van der Waals surface area (Å²) in [5.41, 5.74) is 2.09. The summed E-state index contributed by atoms with van der Waals surface area (Å²) in [4.78, 5) is 14.3. The Bertz CT molecular complexity index is 427. The van der Waals surface area contributed by atoms with E-state index in [0.717, 1.165) is 18.8 Å². The van der Waals surface area contributed by atoms with E-state index < -0.39 is 0 Å². The second-order valence-corrected chi connectivity index (χ2v) is 5.19. The zero-order chi connectivity index (χ0) is 13.7. The Morgan fingerprint density at radius 3 is 2.79 bits per heavy atom. The lowest BCUT2D eigenvalue weighted by molar-refractivity contribution is -0.119. The maximum absolute atomic E-state index is 12.0. The van der Waals surface area contributed by atoms with Crippen LogP contribution in [0.1, 0.15) is 19.8 Å². The lowest BCUT2D eigenvalue weighted by Crippen LogP contribution is -2.28. The van der Waals surface area contributed by atoms with Crippen molar-refractivity contribution in [1.29, 1.82) is 0 Å². The fraction of sp³-hybridized carbons (Fsp3) is 0.533. The van der Waals surface area contributed by atoms with E-state index in [9.17, 15) is 4.79 Å². The molecule has 0 saturated carbocycles. The van der Waals surface area contributed by atoms with E-state index in [1.807, 2.05) is 26.1 Å². The Kier molecular flexibility index (Phi) is 4.80. The minimum Gasteiger partial charge on any atom is -0.371 e. The molecule has 1 aromatic rings. The van der Waals surface area contributed by atoms with Gasteiger partial charge in [-0.25, -0.2) is 0 Å². The molecule has 0 bridgehead atoms. The summed E-state index contributed by atoms with van der Waals surface area (Å²) < 4.78 is 0. The van der Waals surface area contributed by atoms with E-state index in [4.69, 9.17) is 0 Å². The zero-order valence-electron chi connectivity index (χ0n) is 11.8. The highest BCUT2D eigenvalue weighted by molar-refractivity contribution is 5.92. The van der Waals surface area contributed by atoms with Crippen LogP contribution in [0.3, 0.4) is 0 Å². The first kappa shape index (κ1) is 13.9. The molecule has 19 heavy (non-hydrogen) atoms. The normalized spacial score (nSPS) is 16.4. The highest BCUT2D eigenvalue weighted by Gasteiger charge is 2.14. The standard InChI is InChI=1S/C15H23N3O/c1-12(11-16-2)15(19)17-13-6-5-7-14(10-13)18-8-3-4-9-18/h5-7,10,12,16H,3-4,8-9,11H2,1-2H3,(H,17,19). The summed E-state index contributed by atoms with van der Waals surface area (Å²) in [5.74, 6) is 0.0355. The Morgan fingerprint density at radius 1 is 1.37 bits per heavy atom. The summed E-state index contributed by atoms with van der Waals surface area (Å²) in [6.45, 7) is 4.86. The number of hydrogen-bond donors (Lipinski definition) is 2. The molecule has 104 valence electrons. The molecule has 1 saturated heterocycles. The van der Waals surface area contributed by atoms with Crippen LogP contribution in [0.15, 0.2) is 24.3 Å². The van der Waals surface area contributed by atoms with Gasteiger partial charge in [-0.05, 0) is 38.1 Å². The Balaban J connectivity index is 2.00. The molecular formula is C15H23N3O. The Morgan fingerprint density at radius 2 is 2.11 bits per heavy atom. The molecule has 0 aliphatic carbocycles. The molecule has 1 aliphatic heterocycles. The number of amides is 1. The molecule has 2 rings (SSSR count). The SMILES string of the molecule is CNCC(C)C(=O)Nc1cccc(N2CCCC2)c1. The summed E-state index contributed by atoms with van der Waals surface area (Å²) in [6.07, 6.45) is 2.52. The van der Waals surface area contributed by atoms with Gasteiger partial charge in [0, 0.05) is 36.9 Å². The smallest absolute Gasteiger partial charge is 0.228 e. The lowest BCUT2D eigenvalue weighted by atomic mass is 10.1. The van der Waals surface area contributed by atoms with Crippen molar-refractivity contribution in [2.75, 3.05) is 36.9 Å². The quantitative estimate of drug-likeness (QED) is 0.853. The first-order valence-corrected chi connectivity index (χ1v) is 7.01. The van der Waals surface area contributed by atoms with E-state index in [1.54, 1.807) is 0 Å². The molecule has 2 N–H and O–H groups in total. The predicted molar refractivity (Wildman–Crippen MR) is 79.6 cm³/mol. The molecule has 1 atom stereocenters. The van der Waals surface area contributed by atoms with Gasteiger partial charge in [0.2, 0.25) is 5.91 Å². The van der Waals surface area contributed by atoms with E-state index in [-0.39, 0.29) is 11.8 Å². The van der Waals surface area contributed by atoms with Gasteiger partial charge in [-0.2, -0.15) is 0 Å². The van der Waals surface area contributed by atoms with Gasteiger partial charge in [0.25, 0.3) is 0 Å². The number of nitrogens with one attached hydrogen (secondary N) is 2. The van der Waals surface area contributed by atoms with Gasteiger partial charge < -0.3 is 15.5 Å². The van der Waals surface area contributed by atoms with Crippen molar-refractivity contribution in [3.63, 3.8) is 0 Å². The molecule has 0 radical (unpaired) electrons. The Labute approximate surface area is 115 Å². The van der Waals surface area contributed by atoms with Crippen molar-refractivity contribution in [3.05, 3.63) is 24.3 Å². The highest BCUT2D eigenvalue weighted by Crippen LogP contribution is 2.23. The summed E-state index contributed by atoms with van der Waals surface area (Å²) >= 11 is 0. The van der Waals surface area contributed by atoms with Crippen LogP contribution in [0.2, 0.25) is 0 Å². The van der Waals surface area contributed by atoms with Crippen LogP contribution in [0.5, 0.6) is 0 Å². The minimum atomic E-state index is -0.0274. The van der Waals surface area contributed by atoms with Crippen molar-refractivity contribution in [2.45, 2.75) is 19.8 Å². The van der Waals surface area contributed by atoms with Gasteiger partial charge in [0.1, 0.15) is 0 Å². The van der Waals surface area contributed by atoms with Gasteiger partial charge in [-0.1, -0.05) is 13.0 Å². The first-order valence-electron chi connectivity index (χ1n) is 7.01. The van der Waals surface area contributed by atoms with Gasteiger partial charge in [0.15, 0.2) is 0 Å². The van der Waals surface area contributed by atoms with Crippen molar-refractivity contribution in [2.24, 2.45) is 5.92 Å². The third-order valence-corrected chi connectivity index (χ3v) is 3.54. The number of nitrogens with zero attached hydrogens (tertiary/aromatic N) is 1. The maximum Gasteiger partial charge on any atom is 0.228 e. The summed E-state index contributed by atoms with van der Waals surface area (Å²) in [6, 6.07) is 8.13. The second kappa shape index (κ2) is 6.57. The number of benzene rings is 1. The summed E-state index contributed by atoms with van der Waals surface area (Å²) in [5, 5.41) is 6.01. The molecule has 0 spiro atoms. The largest absolute Gasteiger partial charge is 0.371 e. The number of anilines is 2. The molecule has 1 fully saturated rings. The topological polar surface area (TPSA) is 44.4 Å². The van der Waals surface area contributed by atoms with E-state index in [1.165, 1.54) is 18.5 Å². The maximum atomic E-state index is 12.0. The summed E-state index contributed by atoms with van der Waals surface area (Å²) in [7, 11) is 1.86. The highest BCUT2D eigenvalue weighted by atomic mass is 16.1. The third-order valence-electron chi connectivity index (χ3n) is 3.54. The van der Waals surface area contributed by atoms with Crippen LogP contribution in [0, 0.1) is 5.92 Å². The third kappa shape index (κ3) is 3.70. The number of hydrogen-bond acceptors (Lipinski definition) is 3. The molecule has 1 heterocycles. The molecule has 1 amide bonds. The molecule has 4 nitrogen and oxygen atoms in total. The molecular weight excluding hydrogens is 238 g/mol.